The van der Waals surface area contributed by atoms with E-state index in [2.05, 4.69) is 0 Å². The smallest absolute Gasteiger partial charge is 0.204 e. The Labute approximate surface area is 92.2 Å². The van der Waals surface area contributed by atoms with Gasteiger partial charge in [-0.2, -0.15) is 8.42 Å². The van der Waals surface area contributed by atoms with E-state index in [0.717, 1.165) is 6.07 Å². The van der Waals surface area contributed by atoms with Gasteiger partial charge in [-0.15, -0.1) is 3.89 Å². The van der Waals surface area contributed by atoms with Gasteiger partial charge in [0.15, 0.2) is 10.7 Å². The molecule has 0 aromatic heterocycles. The lowest BCUT2D eigenvalue weighted by atomic mass is 10.3. The van der Waals surface area contributed by atoms with Crippen molar-refractivity contribution in [1.29, 1.82) is 0 Å². The molecule has 1 aromatic rings. The van der Waals surface area contributed by atoms with Crippen molar-refractivity contribution in [3.8, 4) is 0 Å². The van der Waals surface area contributed by atoms with Crippen molar-refractivity contribution < 1.29 is 16.7 Å². The van der Waals surface area contributed by atoms with Crippen molar-refractivity contribution in [2.75, 3.05) is 0 Å². The largest absolute Gasteiger partial charge is 0.336 e. The number of hydrogen-bond donors (Lipinski definition) is 0. The number of halogens is 4. The molecule has 0 aliphatic carbocycles. The predicted octanol–water partition coefficient (Wildman–Crippen LogP) is 2.74. The number of benzene rings is 1. The first-order valence-corrected chi connectivity index (χ1v) is 5.76. The number of hydrogen-bond acceptors (Lipinski definition) is 2. The number of rotatable bonds is 1. The van der Waals surface area contributed by atoms with Gasteiger partial charge in [-0.25, -0.2) is 4.39 Å². The van der Waals surface area contributed by atoms with E-state index in [4.69, 9.17) is 11.6 Å². The monoisotopic (exact) mass is 338 g/mol. The third-order valence-electron chi connectivity index (χ3n) is 1.25. The molecule has 0 unspecified atom stereocenters. The second kappa shape index (κ2) is 3.66. The molecule has 0 amide bonds. The third kappa shape index (κ3) is 2.29. The lowest BCUT2D eigenvalue weighted by Gasteiger charge is -2.01. The Hall–Kier alpha value is 0.0500. The zero-order chi connectivity index (χ0) is 10.2. The first kappa shape index (κ1) is 11.1. The zero-order valence-corrected chi connectivity index (χ0v) is 9.62. The zero-order valence-electron chi connectivity index (χ0n) is 5.89. The van der Waals surface area contributed by atoms with E-state index >= 15 is 0 Å². The average molecular weight is 338 g/mol. The van der Waals surface area contributed by atoms with E-state index in [0.29, 0.717) is 0 Å². The second-order valence-electron chi connectivity index (χ2n) is 2.11. The Morgan fingerprint density at radius 3 is 2.31 bits per heavy atom. The van der Waals surface area contributed by atoms with Crippen molar-refractivity contribution in [2.45, 2.75) is 4.90 Å². The lowest BCUT2D eigenvalue weighted by molar-refractivity contribution is 0.531. The first-order valence-electron chi connectivity index (χ1n) is 2.92. The van der Waals surface area contributed by atoms with Gasteiger partial charge in [0.05, 0.1) is 8.59 Å². The van der Waals surface area contributed by atoms with Gasteiger partial charge >= 0.3 is 10.2 Å². The highest BCUT2D eigenvalue weighted by Crippen LogP contribution is 2.28. The molecule has 0 fully saturated rings. The summed E-state index contributed by atoms with van der Waals surface area (Å²) in [5, 5.41) is -0.458. The van der Waals surface area contributed by atoms with Crippen molar-refractivity contribution in [2.24, 2.45) is 0 Å². The minimum absolute atomic E-state index is 0.00164. The lowest BCUT2D eigenvalue weighted by Crippen LogP contribution is -1.99. The van der Waals surface area contributed by atoms with Crippen LogP contribution in [0, 0.1) is 9.39 Å². The predicted molar refractivity (Wildman–Crippen MR) is 52.4 cm³/mol. The Morgan fingerprint density at radius 1 is 1.38 bits per heavy atom. The summed E-state index contributed by atoms with van der Waals surface area (Å²) in [5.41, 5.74) is 0. The summed E-state index contributed by atoms with van der Waals surface area (Å²) >= 11 is 6.87. The van der Waals surface area contributed by atoms with Crippen LogP contribution in [0.3, 0.4) is 0 Å². The van der Waals surface area contributed by atoms with Crippen molar-refractivity contribution in [3.63, 3.8) is 0 Å². The van der Waals surface area contributed by atoms with Crippen molar-refractivity contribution in [1.82, 2.24) is 0 Å². The minimum atomic E-state index is -5.10. The molecule has 13 heavy (non-hydrogen) atoms. The molecular formula is C6H2ClF2IO2S. The molecule has 72 valence electrons. The maximum absolute atomic E-state index is 13.0. The molecule has 0 heterocycles. The van der Waals surface area contributed by atoms with Gasteiger partial charge in [-0.05, 0) is 34.7 Å². The molecular weight excluding hydrogens is 336 g/mol. The second-order valence-corrected chi connectivity index (χ2v) is 4.96. The van der Waals surface area contributed by atoms with Gasteiger partial charge in [0.2, 0.25) is 0 Å². The molecule has 2 nitrogen and oxygen atoms in total. The van der Waals surface area contributed by atoms with Crippen LogP contribution in [0.5, 0.6) is 0 Å². The van der Waals surface area contributed by atoms with E-state index in [9.17, 15) is 16.7 Å². The molecule has 0 atom stereocenters. The first-order chi connectivity index (χ1) is 5.84. The molecule has 0 bridgehead atoms. The van der Waals surface area contributed by atoms with Crippen molar-refractivity contribution >= 4 is 44.4 Å². The molecule has 0 N–H and O–H groups in total. The quantitative estimate of drug-likeness (QED) is 0.448. The molecule has 1 rings (SSSR count). The van der Waals surface area contributed by atoms with Crippen LogP contribution in [0.4, 0.5) is 8.28 Å². The summed E-state index contributed by atoms with van der Waals surface area (Å²) < 4.78 is 46.4. The van der Waals surface area contributed by atoms with Crippen LogP contribution in [0.15, 0.2) is 17.0 Å². The van der Waals surface area contributed by atoms with Crippen LogP contribution in [-0.2, 0) is 10.2 Å². The van der Waals surface area contributed by atoms with Gasteiger partial charge in [0.1, 0.15) is 0 Å². The van der Waals surface area contributed by atoms with Gasteiger partial charge in [-0.1, -0.05) is 11.6 Å². The van der Waals surface area contributed by atoms with Gasteiger partial charge in [0, 0.05) is 0 Å². The van der Waals surface area contributed by atoms with Gasteiger partial charge in [-0.3, -0.25) is 0 Å². The average Bonchev–Trinajstić information content (AvgIpc) is 1.95. The molecule has 0 saturated carbocycles. The van der Waals surface area contributed by atoms with E-state index in [1.165, 1.54) is 6.07 Å². The maximum Gasteiger partial charge on any atom is 0.336 e. The van der Waals surface area contributed by atoms with Gasteiger partial charge < -0.3 is 0 Å². The van der Waals surface area contributed by atoms with E-state index in [-0.39, 0.29) is 3.57 Å². The SMILES string of the molecule is O=S(=O)(F)c1c(Cl)ccc(I)c1F. The van der Waals surface area contributed by atoms with Crippen molar-refractivity contribution in [3.05, 3.63) is 26.5 Å². The van der Waals surface area contributed by atoms with Crippen LogP contribution < -0.4 is 0 Å². The van der Waals surface area contributed by atoms with Crippen LogP contribution >= 0.6 is 34.2 Å². The highest BCUT2D eigenvalue weighted by Gasteiger charge is 2.23. The Balaban J connectivity index is 3.62. The van der Waals surface area contributed by atoms with Crippen LogP contribution in [-0.4, -0.2) is 8.42 Å². The Bertz CT molecular complexity index is 446. The minimum Gasteiger partial charge on any atom is -0.204 e. The fraction of sp³-hybridized carbons (Fsp3) is 0. The normalized spacial score (nSPS) is 11.7. The third-order valence-corrected chi connectivity index (χ3v) is 3.39. The molecule has 0 spiro atoms. The maximum atomic E-state index is 13.0. The van der Waals surface area contributed by atoms with Crippen LogP contribution in [0.2, 0.25) is 5.02 Å². The summed E-state index contributed by atoms with van der Waals surface area (Å²) in [6.07, 6.45) is 0. The van der Waals surface area contributed by atoms with Crippen LogP contribution in [0.25, 0.3) is 0 Å². The Morgan fingerprint density at radius 2 is 1.92 bits per heavy atom. The van der Waals surface area contributed by atoms with E-state index in [1.807, 2.05) is 0 Å². The molecule has 7 heteroatoms. The summed E-state index contributed by atoms with van der Waals surface area (Å²) in [7, 11) is -5.10. The molecule has 0 radical (unpaired) electrons. The summed E-state index contributed by atoms with van der Waals surface area (Å²) in [4.78, 5) is -1.10. The summed E-state index contributed by atoms with van der Waals surface area (Å²) in [5.74, 6) is -1.16. The van der Waals surface area contributed by atoms with Crippen LogP contribution in [0.1, 0.15) is 0 Å². The highest BCUT2D eigenvalue weighted by molar-refractivity contribution is 14.1. The summed E-state index contributed by atoms with van der Waals surface area (Å²) in [6, 6.07) is 2.38. The standard InChI is InChI=1S/C6H2ClF2IO2S/c7-3-1-2-4(10)5(8)6(3)13(9,11)12/h1-2H. The van der Waals surface area contributed by atoms with E-state index in [1.54, 1.807) is 22.6 Å². The Kier molecular flexibility index (Phi) is 3.13. The molecule has 1 aromatic carbocycles. The van der Waals surface area contributed by atoms with E-state index < -0.39 is 26.0 Å². The fourth-order valence-electron chi connectivity index (χ4n) is 0.732. The summed E-state index contributed by atoms with van der Waals surface area (Å²) in [6.45, 7) is 0. The topological polar surface area (TPSA) is 34.1 Å². The fourth-order valence-corrected chi connectivity index (χ4v) is 2.41. The highest BCUT2D eigenvalue weighted by atomic mass is 127. The van der Waals surface area contributed by atoms with Gasteiger partial charge in [0.25, 0.3) is 0 Å². The molecule has 0 aliphatic heterocycles. The molecule has 0 saturated heterocycles. The molecule has 0 aliphatic rings.